The van der Waals surface area contributed by atoms with Crippen LogP contribution in [0.2, 0.25) is 0 Å². The van der Waals surface area contributed by atoms with Crippen molar-refractivity contribution in [2.45, 2.75) is 13.8 Å². The second kappa shape index (κ2) is 7.29. The summed E-state index contributed by atoms with van der Waals surface area (Å²) in [5, 5.41) is 3.10. The molecule has 118 valence electrons. The third kappa shape index (κ3) is 3.54. The molecule has 1 aromatic heterocycles. The zero-order valence-electron chi connectivity index (χ0n) is 13.3. The Labute approximate surface area is 140 Å². The Kier molecular flexibility index (Phi) is 4.93. The first kappa shape index (κ1) is 15.6. The molecule has 0 saturated heterocycles. The van der Waals surface area contributed by atoms with Crippen LogP contribution in [0.25, 0.3) is 21.8 Å². The molecule has 0 N–H and O–H groups in total. The fourth-order valence-electron chi connectivity index (χ4n) is 2.33. The van der Waals surface area contributed by atoms with Gasteiger partial charge in [0.05, 0.1) is 18.9 Å². The van der Waals surface area contributed by atoms with Crippen LogP contribution in [0, 0.1) is 0 Å². The van der Waals surface area contributed by atoms with E-state index in [0.717, 1.165) is 33.3 Å². The van der Waals surface area contributed by atoms with Crippen LogP contribution in [0.5, 0.6) is 11.5 Å². The van der Waals surface area contributed by atoms with Gasteiger partial charge < -0.3 is 9.47 Å². The van der Waals surface area contributed by atoms with E-state index in [-0.39, 0.29) is 0 Å². The van der Waals surface area contributed by atoms with Crippen molar-refractivity contribution in [3.05, 3.63) is 53.9 Å². The van der Waals surface area contributed by atoms with Gasteiger partial charge in [0.15, 0.2) is 11.5 Å². The minimum Gasteiger partial charge on any atom is -0.490 e. The van der Waals surface area contributed by atoms with Gasteiger partial charge in [-0.1, -0.05) is 30.3 Å². The number of nitrogens with zero attached hydrogens (tertiary/aromatic N) is 1. The van der Waals surface area contributed by atoms with Gasteiger partial charge in [0.2, 0.25) is 0 Å². The highest BCUT2D eigenvalue weighted by atomic mass is 32.1. The van der Waals surface area contributed by atoms with Gasteiger partial charge >= 0.3 is 0 Å². The lowest BCUT2D eigenvalue weighted by Crippen LogP contribution is -1.98. The van der Waals surface area contributed by atoms with Crippen LogP contribution in [0.4, 0.5) is 0 Å². The van der Waals surface area contributed by atoms with E-state index < -0.39 is 0 Å². The molecule has 23 heavy (non-hydrogen) atoms. The maximum absolute atomic E-state index is 5.69. The molecule has 0 atom stereocenters. The molecular weight excluding hydrogens is 306 g/mol. The van der Waals surface area contributed by atoms with Crippen LogP contribution >= 0.6 is 11.3 Å². The van der Waals surface area contributed by atoms with Crippen molar-refractivity contribution in [3.63, 3.8) is 0 Å². The highest BCUT2D eigenvalue weighted by molar-refractivity contribution is 7.13. The Hall–Kier alpha value is -2.33. The number of rotatable bonds is 6. The van der Waals surface area contributed by atoms with Crippen molar-refractivity contribution < 1.29 is 9.47 Å². The summed E-state index contributed by atoms with van der Waals surface area (Å²) in [5.74, 6) is 1.54. The number of ether oxygens (including phenoxy) is 2. The molecule has 0 bridgehead atoms. The van der Waals surface area contributed by atoms with Crippen LogP contribution in [-0.4, -0.2) is 18.2 Å². The standard InChI is InChI=1S/C19H19NO2S/c1-3-21-17-11-10-15(12-18(17)22-4-2)16-13-23-19(20-16)14-8-6-5-7-9-14/h5-13H,3-4H2,1-2H3. The topological polar surface area (TPSA) is 31.4 Å². The van der Waals surface area contributed by atoms with Gasteiger partial charge in [-0.25, -0.2) is 4.98 Å². The Morgan fingerprint density at radius 1 is 0.870 bits per heavy atom. The molecule has 0 amide bonds. The van der Waals surface area contributed by atoms with E-state index in [9.17, 15) is 0 Å². The third-order valence-corrected chi connectivity index (χ3v) is 4.26. The molecule has 1 heterocycles. The molecule has 0 fully saturated rings. The lowest BCUT2D eigenvalue weighted by atomic mass is 10.1. The maximum Gasteiger partial charge on any atom is 0.161 e. The van der Waals surface area contributed by atoms with Gasteiger partial charge in [-0.2, -0.15) is 0 Å². The Morgan fingerprint density at radius 2 is 1.61 bits per heavy atom. The SMILES string of the molecule is CCOc1ccc(-c2csc(-c3ccccc3)n2)cc1OCC. The van der Waals surface area contributed by atoms with E-state index in [2.05, 4.69) is 17.5 Å². The second-order valence-corrected chi connectivity index (χ2v) is 5.79. The van der Waals surface area contributed by atoms with Gasteiger partial charge in [0.25, 0.3) is 0 Å². The third-order valence-electron chi connectivity index (χ3n) is 3.36. The molecule has 0 unspecified atom stereocenters. The second-order valence-electron chi connectivity index (χ2n) is 4.93. The molecule has 0 spiro atoms. The van der Waals surface area contributed by atoms with E-state index in [0.29, 0.717) is 13.2 Å². The Morgan fingerprint density at radius 3 is 2.35 bits per heavy atom. The van der Waals surface area contributed by atoms with Gasteiger partial charge in [0, 0.05) is 16.5 Å². The lowest BCUT2D eigenvalue weighted by molar-refractivity contribution is 0.288. The number of hydrogen-bond donors (Lipinski definition) is 0. The van der Waals surface area contributed by atoms with Crippen LogP contribution in [0.3, 0.4) is 0 Å². The summed E-state index contributed by atoms with van der Waals surface area (Å²) in [6, 6.07) is 16.2. The number of benzene rings is 2. The summed E-state index contributed by atoms with van der Waals surface area (Å²) in [7, 11) is 0. The van der Waals surface area contributed by atoms with Gasteiger partial charge in [0.1, 0.15) is 5.01 Å². The normalized spacial score (nSPS) is 10.5. The summed E-state index contributed by atoms with van der Waals surface area (Å²) in [4.78, 5) is 4.75. The first-order chi connectivity index (χ1) is 11.3. The molecule has 3 aromatic rings. The summed E-state index contributed by atoms with van der Waals surface area (Å²) < 4.78 is 11.3. The van der Waals surface area contributed by atoms with Gasteiger partial charge in [-0.3, -0.25) is 0 Å². The predicted molar refractivity (Wildman–Crippen MR) is 95.3 cm³/mol. The van der Waals surface area contributed by atoms with Crippen molar-refractivity contribution in [1.82, 2.24) is 4.98 Å². The Bertz CT molecular complexity index is 768. The predicted octanol–water partition coefficient (Wildman–Crippen LogP) is 5.27. The summed E-state index contributed by atoms with van der Waals surface area (Å²) >= 11 is 1.65. The first-order valence-electron chi connectivity index (χ1n) is 7.72. The molecule has 3 rings (SSSR count). The van der Waals surface area contributed by atoms with Crippen molar-refractivity contribution >= 4 is 11.3 Å². The molecule has 0 aliphatic rings. The molecule has 0 aliphatic heterocycles. The van der Waals surface area contributed by atoms with E-state index in [1.165, 1.54) is 0 Å². The summed E-state index contributed by atoms with van der Waals surface area (Å²) in [6.45, 7) is 5.17. The molecule has 0 saturated carbocycles. The van der Waals surface area contributed by atoms with E-state index in [1.54, 1.807) is 11.3 Å². The van der Waals surface area contributed by atoms with Crippen LogP contribution in [0.1, 0.15) is 13.8 Å². The summed E-state index contributed by atoms with van der Waals surface area (Å²) in [6.07, 6.45) is 0. The molecule has 4 heteroatoms. The van der Waals surface area contributed by atoms with Gasteiger partial charge in [-0.05, 0) is 32.0 Å². The first-order valence-corrected chi connectivity index (χ1v) is 8.60. The summed E-state index contributed by atoms with van der Waals surface area (Å²) in [5.41, 5.74) is 3.13. The molecule has 0 aliphatic carbocycles. The highest BCUT2D eigenvalue weighted by Gasteiger charge is 2.11. The molecule has 0 radical (unpaired) electrons. The minimum absolute atomic E-state index is 0.607. The minimum atomic E-state index is 0.607. The van der Waals surface area contributed by atoms with E-state index >= 15 is 0 Å². The van der Waals surface area contributed by atoms with E-state index in [1.807, 2.05) is 50.2 Å². The highest BCUT2D eigenvalue weighted by Crippen LogP contribution is 2.34. The van der Waals surface area contributed by atoms with Crippen molar-refractivity contribution in [1.29, 1.82) is 0 Å². The van der Waals surface area contributed by atoms with Crippen LogP contribution < -0.4 is 9.47 Å². The number of thiazole rings is 1. The van der Waals surface area contributed by atoms with Crippen molar-refractivity contribution in [2.24, 2.45) is 0 Å². The molecule has 3 nitrogen and oxygen atoms in total. The molecular formula is C19H19NO2S. The zero-order valence-corrected chi connectivity index (χ0v) is 14.1. The van der Waals surface area contributed by atoms with Crippen molar-refractivity contribution in [3.8, 4) is 33.3 Å². The average molecular weight is 325 g/mol. The van der Waals surface area contributed by atoms with Crippen LogP contribution in [-0.2, 0) is 0 Å². The maximum atomic E-state index is 5.69. The average Bonchev–Trinajstić information content (AvgIpc) is 3.08. The smallest absolute Gasteiger partial charge is 0.161 e. The zero-order chi connectivity index (χ0) is 16.1. The monoisotopic (exact) mass is 325 g/mol. The van der Waals surface area contributed by atoms with Crippen LogP contribution in [0.15, 0.2) is 53.9 Å². The van der Waals surface area contributed by atoms with Crippen molar-refractivity contribution in [2.75, 3.05) is 13.2 Å². The quantitative estimate of drug-likeness (QED) is 0.618. The Balaban J connectivity index is 1.93. The molecule has 2 aromatic carbocycles. The fourth-order valence-corrected chi connectivity index (χ4v) is 3.17. The lowest BCUT2D eigenvalue weighted by Gasteiger charge is -2.11. The van der Waals surface area contributed by atoms with Gasteiger partial charge in [-0.15, -0.1) is 11.3 Å². The number of aromatic nitrogens is 1. The largest absolute Gasteiger partial charge is 0.490 e. The van der Waals surface area contributed by atoms with E-state index in [4.69, 9.17) is 14.5 Å². The fraction of sp³-hybridized carbons (Fsp3) is 0.211. The number of hydrogen-bond acceptors (Lipinski definition) is 4.